The summed E-state index contributed by atoms with van der Waals surface area (Å²) in [6.07, 6.45) is 19.3. The van der Waals surface area contributed by atoms with Crippen molar-refractivity contribution in [2.24, 2.45) is 11.8 Å². The van der Waals surface area contributed by atoms with Crippen LogP contribution in [0.1, 0.15) is 110 Å². The Hall–Kier alpha value is -0.860. The van der Waals surface area contributed by atoms with Gasteiger partial charge in [-0.15, -0.1) is 0 Å². The highest BCUT2D eigenvalue weighted by molar-refractivity contribution is 5.72. The summed E-state index contributed by atoms with van der Waals surface area (Å²) in [6.45, 7) is 2.77. The molecule has 0 aromatic heterocycles. The molecular weight excluding hydrogens is 312 g/mol. The normalized spacial score (nSPS) is 16.0. The maximum Gasteiger partial charge on any atom is 0.308 e. The van der Waals surface area contributed by atoms with Crippen molar-refractivity contribution in [2.75, 3.05) is 6.61 Å². The average molecular weight is 353 g/mol. The zero-order valence-electron chi connectivity index (χ0n) is 16.5. The maximum absolute atomic E-state index is 12.5. The lowest BCUT2D eigenvalue weighted by Gasteiger charge is -2.19. The van der Waals surface area contributed by atoms with E-state index < -0.39 is 0 Å². The fourth-order valence-corrected chi connectivity index (χ4v) is 3.95. The molecule has 0 saturated heterocycles. The summed E-state index contributed by atoms with van der Waals surface area (Å²) in [7, 11) is 0. The van der Waals surface area contributed by atoms with Crippen LogP contribution in [-0.4, -0.2) is 18.9 Å². The lowest BCUT2D eigenvalue weighted by Crippen LogP contribution is -2.21. The molecule has 1 aliphatic carbocycles. The summed E-state index contributed by atoms with van der Waals surface area (Å²) in [5.74, 6) is 0.894. The molecule has 0 heterocycles. The van der Waals surface area contributed by atoms with Crippen molar-refractivity contribution < 1.29 is 14.3 Å². The number of unbranched alkanes of at least 4 members (excludes halogenated alkanes) is 8. The van der Waals surface area contributed by atoms with Gasteiger partial charge < -0.3 is 9.53 Å². The Morgan fingerprint density at radius 2 is 1.68 bits per heavy atom. The van der Waals surface area contributed by atoms with Gasteiger partial charge in [0.25, 0.3) is 0 Å². The van der Waals surface area contributed by atoms with Crippen LogP contribution in [0.15, 0.2) is 0 Å². The predicted octanol–water partition coefficient (Wildman–Crippen LogP) is 6.24. The molecule has 1 atom stereocenters. The van der Waals surface area contributed by atoms with Crippen LogP contribution in [0.3, 0.4) is 0 Å². The van der Waals surface area contributed by atoms with Crippen molar-refractivity contribution in [3.63, 3.8) is 0 Å². The van der Waals surface area contributed by atoms with E-state index in [1.807, 2.05) is 0 Å². The maximum atomic E-state index is 12.5. The van der Waals surface area contributed by atoms with E-state index in [9.17, 15) is 9.59 Å². The smallest absolute Gasteiger partial charge is 0.308 e. The first-order valence-electron chi connectivity index (χ1n) is 10.9. The molecule has 0 spiro atoms. The molecule has 0 aliphatic heterocycles. The van der Waals surface area contributed by atoms with Crippen LogP contribution >= 0.6 is 0 Å². The second kappa shape index (κ2) is 15.4. The van der Waals surface area contributed by atoms with Crippen LogP contribution in [-0.2, 0) is 14.3 Å². The summed E-state index contributed by atoms with van der Waals surface area (Å²) in [6, 6.07) is 0. The van der Waals surface area contributed by atoms with Gasteiger partial charge in [0.2, 0.25) is 0 Å². The van der Waals surface area contributed by atoms with Gasteiger partial charge in [-0.2, -0.15) is 0 Å². The van der Waals surface area contributed by atoms with Crippen molar-refractivity contribution >= 4 is 12.3 Å². The molecule has 25 heavy (non-hydrogen) atoms. The van der Waals surface area contributed by atoms with Gasteiger partial charge in [-0.3, -0.25) is 4.79 Å². The lowest BCUT2D eigenvalue weighted by atomic mass is 9.89. The van der Waals surface area contributed by atoms with Crippen molar-refractivity contribution in [2.45, 2.75) is 110 Å². The number of aldehydes is 1. The molecule has 3 nitrogen and oxygen atoms in total. The highest BCUT2D eigenvalue weighted by atomic mass is 16.5. The lowest BCUT2D eigenvalue weighted by molar-refractivity contribution is -0.149. The molecule has 1 saturated carbocycles. The average Bonchev–Trinajstić information content (AvgIpc) is 3.13. The molecule has 0 bridgehead atoms. The summed E-state index contributed by atoms with van der Waals surface area (Å²) >= 11 is 0. The quantitative estimate of drug-likeness (QED) is 0.188. The minimum atomic E-state index is 0.0378. The number of ether oxygens (including phenoxy) is 1. The number of hydrogen-bond acceptors (Lipinski definition) is 3. The first kappa shape index (κ1) is 22.2. The number of rotatable bonds is 16. The second-order valence-corrected chi connectivity index (χ2v) is 7.82. The van der Waals surface area contributed by atoms with E-state index >= 15 is 0 Å². The van der Waals surface area contributed by atoms with Gasteiger partial charge in [-0.05, 0) is 38.0 Å². The minimum absolute atomic E-state index is 0.0378. The van der Waals surface area contributed by atoms with E-state index in [0.717, 1.165) is 50.7 Å². The molecular formula is C22H40O3. The largest absolute Gasteiger partial charge is 0.465 e. The molecule has 0 aromatic carbocycles. The molecule has 1 rings (SSSR count). The molecule has 0 radical (unpaired) electrons. The number of carbonyl (C=O) groups is 2. The summed E-state index contributed by atoms with van der Waals surface area (Å²) in [4.78, 5) is 22.8. The van der Waals surface area contributed by atoms with E-state index in [4.69, 9.17) is 4.74 Å². The van der Waals surface area contributed by atoms with Crippen LogP contribution in [0, 0.1) is 11.8 Å². The first-order chi connectivity index (χ1) is 12.3. The Morgan fingerprint density at radius 3 is 2.40 bits per heavy atom. The second-order valence-electron chi connectivity index (χ2n) is 7.82. The summed E-state index contributed by atoms with van der Waals surface area (Å²) in [5.41, 5.74) is 0. The molecule has 0 N–H and O–H groups in total. The molecule has 1 unspecified atom stereocenters. The Balaban J connectivity index is 2.25. The van der Waals surface area contributed by atoms with Gasteiger partial charge in [-0.1, -0.05) is 71.1 Å². The SMILES string of the molecule is CCCCCCCCC(CC1CCCC1)C(=O)OCCCCCC=O. The van der Waals surface area contributed by atoms with Crippen molar-refractivity contribution in [1.29, 1.82) is 0 Å². The van der Waals surface area contributed by atoms with Gasteiger partial charge in [0, 0.05) is 6.42 Å². The summed E-state index contributed by atoms with van der Waals surface area (Å²) in [5, 5.41) is 0. The van der Waals surface area contributed by atoms with E-state index in [-0.39, 0.29) is 11.9 Å². The predicted molar refractivity (Wildman–Crippen MR) is 104 cm³/mol. The third-order valence-corrected chi connectivity index (χ3v) is 5.54. The number of hydrogen-bond donors (Lipinski definition) is 0. The number of carbonyl (C=O) groups excluding carboxylic acids is 2. The topological polar surface area (TPSA) is 43.4 Å². The van der Waals surface area contributed by atoms with Crippen molar-refractivity contribution in [3.8, 4) is 0 Å². The Bertz CT molecular complexity index is 334. The van der Waals surface area contributed by atoms with Crippen LogP contribution in [0.25, 0.3) is 0 Å². The Morgan fingerprint density at radius 1 is 1.00 bits per heavy atom. The molecule has 146 valence electrons. The van der Waals surface area contributed by atoms with Crippen LogP contribution in [0.4, 0.5) is 0 Å². The van der Waals surface area contributed by atoms with Gasteiger partial charge in [0.15, 0.2) is 0 Å². The van der Waals surface area contributed by atoms with E-state index in [2.05, 4.69) is 6.92 Å². The Kier molecular flexibility index (Phi) is 13.7. The standard InChI is InChI=1S/C22H40O3/c1-2-3-4-5-6-9-16-21(19-20-14-10-11-15-20)22(24)25-18-13-8-7-12-17-23/h17,20-21H,2-16,18-19H2,1H3. The van der Waals surface area contributed by atoms with E-state index in [1.54, 1.807) is 0 Å². The fraction of sp³-hybridized carbons (Fsp3) is 0.909. The third-order valence-electron chi connectivity index (χ3n) is 5.54. The van der Waals surface area contributed by atoms with Crippen LogP contribution in [0.2, 0.25) is 0 Å². The zero-order chi connectivity index (χ0) is 18.2. The van der Waals surface area contributed by atoms with Gasteiger partial charge in [-0.25, -0.2) is 0 Å². The fourth-order valence-electron chi connectivity index (χ4n) is 3.95. The Labute approximate surface area is 155 Å². The van der Waals surface area contributed by atoms with Crippen molar-refractivity contribution in [1.82, 2.24) is 0 Å². The molecule has 1 fully saturated rings. The van der Waals surface area contributed by atoms with E-state index in [1.165, 1.54) is 57.8 Å². The first-order valence-corrected chi connectivity index (χ1v) is 10.9. The molecule has 0 amide bonds. The summed E-state index contributed by atoms with van der Waals surface area (Å²) < 4.78 is 5.56. The van der Waals surface area contributed by atoms with Crippen LogP contribution < -0.4 is 0 Å². The van der Waals surface area contributed by atoms with Gasteiger partial charge in [0.05, 0.1) is 12.5 Å². The zero-order valence-corrected chi connectivity index (χ0v) is 16.5. The third kappa shape index (κ3) is 11.4. The van der Waals surface area contributed by atoms with E-state index in [0.29, 0.717) is 13.0 Å². The molecule has 3 heteroatoms. The van der Waals surface area contributed by atoms with Gasteiger partial charge >= 0.3 is 5.97 Å². The van der Waals surface area contributed by atoms with Crippen molar-refractivity contribution in [3.05, 3.63) is 0 Å². The monoisotopic (exact) mass is 352 g/mol. The number of esters is 1. The van der Waals surface area contributed by atoms with Crippen LogP contribution in [0.5, 0.6) is 0 Å². The highest BCUT2D eigenvalue weighted by Crippen LogP contribution is 2.32. The molecule has 0 aromatic rings. The minimum Gasteiger partial charge on any atom is -0.465 e. The molecule has 1 aliphatic rings. The highest BCUT2D eigenvalue weighted by Gasteiger charge is 2.25. The van der Waals surface area contributed by atoms with Gasteiger partial charge in [0.1, 0.15) is 6.29 Å².